The highest BCUT2D eigenvalue weighted by atomic mass is 19.4. The van der Waals surface area contributed by atoms with Gasteiger partial charge in [-0.1, -0.05) is 6.92 Å². The second-order valence-electron chi connectivity index (χ2n) is 3.80. The Balaban J connectivity index is 3.18. The lowest BCUT2D eigenvalue weighted by molar-refractivity contribution is -0.137. The summed E-state index contributed by atoms with van der Waals surface area (Å²) < 4.78 is 38.3. The molecule has 1 aromatic rings. The molecule has 0 saturated heterocycles. The molecule has 0 unspecified atom stereocenters. The maximum atomic E-state index is 12.8. The van der Waals surface area contributed by atoms with Crippen molar-refractivity contribution < 1.29 is 13.2 Å². The lowest BCUT2D eigenvalue weighted by Gasteiger charge is -2.21. The van der Waals surface area contributed by atoms with Gasteiger partial charge < -0.3 is 4.90 Å². The normalized spacial score (nSPS) is 11.6. The van der Waals surface area contributed by atoms with Crippen LogP contribution < -0.4 is 4.90 Å². The summed E-state index contributed by atoms with van der Waals surface area (Å²) in [5.41, 5.74) is -0.149. The number of hydrogen-bond acceptors (Lipinski definition) is 2. The van der Waals surface area contributed by atoms with E-state index in [1.807, 2.05) is 6.92 Å². The fourth-order valence-electron chi connectivity index (χ4n) is 1.52. The van der Waals surface area contributed by atoms with Crippen LogP contribution in [0, 0.1) is 6.92 Å². The second-order valence-corrected chi connectivity index (χ2v) is 3.80. The molecule has 90 valence electrons. The van der Waals surface area contributed by atoms with E-state index in [1.54, 1.807) is 14.0 Å². The Labute approximate surface area is 93.1 Å². The molecule has 0 saturated carbocycles. The topological polar surface area (TPSA) is 16.1 Å². The summed E-state index contributed by atoms with van der Waals surface area (Å²) in [6.07, 6.45) is -2.11. The van der Waals surface area contributed by atoms with Crippen molar-refractivity contribution in [2.45, 2.75) is 26.4 Å². The first-order valence-electron chi connectivity index (χ1n) is 5.11. The fraction of sp³-hybridized carbons (Fsp3) is 0.545. The van der Waals surface area contributed by atoms with Crippen LogP contribution in [0.4, 0.5) is 19.0 Å². The van der Waals surface area contributed by atoms with Crippen molar-refractivity contribution >= 4 is 5.82 Å². The number of pyridine rings is 1. The number of anilines is 1. The Morgan fingerprint density at radius 2 is 2.00 bits per heavy atom. The van der Waals surface area contributed by atoms with Gasteiger partial charge >= 0.3 is 6.18 Å². The van der Waals surface area contributed by atoms with Gasteiger partial charge in [-0.25, -0.2) is 4.98 Å². The highest BCUT2D eigenvalue weighted by molar-refractivity contribution is 5.49. The average molecular weight is 232 g/mol. The zero-order valence-electron chi connectivity index (χ0n) is 9.60. The van der Waals surface area contributed by atoms with Crippen molar-refractivity contribution in [3.8, 4) is 0 Å². The van der Waals surface area contributed by atoms with Gasteiger partial charge in [0.05, 0.1) is 5.56 Å². The SMILES string of the molecule is CCCN(C)c1ncc(C)cc1C(F)(F)F. The molecule has 1 heterocycles. The predicted octanol–water partition coefficient (Wildman–Crippen LogP) is 3.26. The third kappa shape index (κ3) is 2.87. The molecule has 0 bridgehead atoms. The minimum Gasteiger partial charge on any atom is -0.359 e. The van der Waals surface area contributed by atoms with Crippen LogP contribution in [0.3, 0.4) is 0 Å². The summed E-state index contributed by atoms with van der Waals surface area (Å²) in [6.45, 7) is 4.07. The zero-order chi connectivity index (χ0) is 12.3. The van der Waals surface area contributed by atoms with Gasteiger partial charge in [-0.05, 0) is 25.0 Å². The quantitative estimate of drug-likeness (QED) is 0.795. The largest absolute Gasteiger partial charge is 0.419 e. The number of nitrogens with zero attached hydrogens (tertiary/aromatic N) is 2. The minimum absolute atomic E-state index is 0.0000463. The zero-order valence-corrected chi connectivity index (χ0v) is 9.60. The maximum absolute atomic E-state index is 12.8. The van der Waals surface area contributed by atoms with E-state index in [0.717, 1.165) is 12.5 Å². The third-order valence-electron chi connectivity index (χ3n) is 2.23. The van der Waals surface area contributed by atoms with E-state index in [4.69, 9.17) is 0 Å². The first-order chi connectivity index (χ1) is 7.36. The van der Waals surface area contributed by atoms with E-state index in [9.17, 15) is 13.2 Å². The van der Waals surface area contributed by atoms with E-state index in [1.165, 1.54) is 11.1 Å². The molecule has 2 nitrogen and oxygen atoms in total. The van der Waals surface area contributed by atoms with Crippen molar-refractivity contribution in [2.24, 2.45) is 0 Å². The van der Waals surface area contributed by atoms with Crippen LogP contribution in [0.5, 0.6) is 0 Å². The molecule has 0 spiro atoms. The highest BCUT2D eigenvalue weighted by Gasteiger charge is 2.35. The van der Waals surface area contributed by atoms with Crippen LogP contribution >= 0.6 is 0 Å². The molecule has 0 amide bonds. The van der Waals surface area contributed by atoms with Crippen molar-refractivity contribution in [2.75, 3.05) is 18.5 Å². The molecule has 0 aliphatic rings. The van der Waals surface area contributed by atoms with Crippen molar-refractivity contribution in [3.05, 3.63) is 23.4 Å². The molecule has 0 radical (unpaired) electrons. The van der Waals surface area contributed by atoms with E-state index in [0.29, 0.717) is 12.1 Å². The minimum atomic E-state index is -4.35. The molecular weight excluding hydrogens is 217 g/mol. The molecular formula is C11H15F3N2. The fourth-order valence-corrected chi connectivity index (χ4v) is 1.52. The number of aryl methyl sites for hydroxylation is 1. The summed E-state index contributed by atoms with van der Waals surface area (Å²) in [7, 11) is 1.62. The first-order valence-corrected chi connectivity index (χ1v) is 5.11. The first kappa shape index (κ1) is 12.8. The number of halogens is 3. The summed E-state index contributed by atoms with van der Waals surface area (Å²) in [5, 5.41) is 0. The standard InChI is InChI=1S/C11H15F3N2/c1-4-5-16(3)10-9(11(12,13)14)6-8(2)7-15-10/h6-7H,4-5H2,1-3H3. The van der Waals surface area contributed by atoms with Crippen LogP contribution in [-0.4, -0.2) is 18.6 Å². The molecule has 0 aliphatic heterocycles. The van der Waals surface area contributed by atoms with Gasteiger partial charge in [0.15, 0.2) is 0 Å². The van der Waals surface area contributed by atoms with Crippen LogP contribution in [0.25, 0.3) is 0 Å². The lowest BCUT2D eigenvalue weighted by atomic mass is 10.2. The monoisotopic (exact) mass is 232 g/mol. The molecule has 1 aromatic heterocycles. The Morgan fingerprint density at radius 3 is 2.50 bits per heavy atom. The van der Waals surface area contributed by atoms with Crippen molar-refractivity contribution in [1.82, 2.24) is 4.98 Å². The van der Waals surface area contributed by atoms with Crippen LogP contribution in [0.2, 0.25) is 0 Å². The molecule has 5 heteroatoms. The van der Waals surface area contributed by atoms with Gasteiger partial charge in [-0.3, -0.25) is 0 Å². The van der Waals surface area contributed by atoms with Gasteiger partial charge in [0.1, 0.15) is 5.82 Å². The van der Waals surface area contributed by atoms with Crippen molar-refractivity contribution in [3.63, 3.8) is 0 Å². The number of rotatable bonds is 3. The molecule has 0 aliphatic carbocycles. The van der Waals surface area contributed by atoms with E-state index < -0.39 is 11.7 Å². The van der Waals surface area contributed by atoms with Gasteiger partial charge in [0.2, 0.25) is 0 Å². The Morgan fingerprint density at radius 1 is 1.38 bits per heavy atom. The smallest absolute Gasteiger partial charge is 0.359 e. The van der Waals surface area contributed by atoms with Crippen LogP contribution in [0.15, 0.2) is 12.3 Å². The molecule has 16 heavy (non-hydrogen) atoms. The average Bonchev–Trinajstić information content (AvgIpc) is 2.16. The maximum Gasteiger partial charge on any atom is 0.419 e. The van der Waals surface area contributed by atoms with Gasteiger partial charge in [0.25, 0.3) is 0 Å². The molecule has 0 atom stereocenters. The van der Waals surface area contributed by atoms with Crippen LogP contribution in [-0.2, 0) is 6.18 Å². The highest BCUT2D eigenvalue weighted by Crippen LogP contribution is 2.35. The summed E-state index contributed by atoms with van der Waals surface area (Å²) in [4.78, 5) is 5.40. The molecule has 0 fully saturated rings. The van der Waals surface area contributed by atoms with Gasteiger partial charge in [-0.2, -0.15) is 13.2 Å². The van der Waals surface area contributed by atoms with Crippen LogP contribution in [0.1, 0.15) is 24.5 Å². The predicted molar refractivity (Wildman–Crippen MR) is 57.5 cm³/mol. The lowest BCUT2D eigenvalue weighted by Crippen LogP contribution is -2.23. The summed E-state index contributed by atoms with van der Waals surface area (Å²) in [6, 6.07) is 1.13. The Kier molecular flexibility index (Phi) is 3.78. The third-order valence-corrected chi connectivity index (χ3v) is 2.23. The number of alkyl halides is 3. The molecule has 0 aromatic carbocycles. The van der Waals surface area contributed by atoms with E-state index in [2.05, 4.69) is 4.98 Å². The number of hydrogen-bond donors (Lipinski definition) is 0. The Bertz CT molecular complexity index is 361. The Hall–Kier alpha value is -1.26. The van der Waals surface area contributed by atoms with Gasteiger partial charge in [-0.15, -0.1) is 0 Å². The van der Waals surface area contributed by atoms with Gasteiger partial charge in [0, 0.05) is 19.8 Å². The summed E-state index contributed by atoms with van der Waals surface area (Å²) >= 11 is 0. The van der Waals surface area contributed by atoms with Crippen molar-refractivity contribution in [1.29, 1.82) is 0 Å². The molecule has 1 rings (SSSR count). The second kappa shape index (κ2) is 4.72. The number of aromatic nitrogens is 1. The van der Waals surface area contributed by atoms with E-state index >= 15 is 0 Å². The molecule has 0 N–H and O–H groups in total. The van der Waals surface area contributed by atoms with E-state index in [-0.39, 0.29) is 5.82 Å². The summed E-state index contributed by atoms with van der Waals surface area (Å²) in [5.74, 6) is -0.0000463.